The van der Waals surface area contributed by atoms with Crippen LogP contribution in [0.4, 0.5) is 17.6 Å². The van der Waals surface area contributed by atoms with Crippen LogP contribution in [0.2, 0.25) is 0 Å². The minimum absolute atomic E-state index is 0.139. The number of esters is 2. The Hall–Kier alpha value is -7.25. The fourth-order valence-electron chi connectivity index (χ4n) is 7.90. The van der Waals surface area contributed by atoms with Crippen LogP contribution >= 0.6 is 0 Å². The highest BCUT2D eigenvalue weighted by molar-refractivity contribution is 7.88. The number of fused-ring (bicyclic) bond motifs is 3. The topological polar surface area (TPSA) is 204 Å². The second-order valence-corrected chi connectivity index (χ2v) is 16.7. The lowest BCUT2D eigenvalue weighted by Crippen LogP contribution is -2.48. The standard InChI is InChI=1S/C24H27N7O4S.C19H17N5O2/c1-17-21(23(32)35-16-18-8-4-3-5-9-18)22(31-24(25-17)26-27-28-31)19-10-6-7-11-20(19)29-12-14-30(15-13-29)36(2,33)34;1-3-11-26-18(25)16-12(2)20-19-21-22-23-24(19)17(16)15-10-6-8-13-7-4-5-9-14(13)15/h3-11,22H,12-16H2,1-2H3,(H,25,26,28);3-10,17H,1,11H2,2H3,(H,20,21,23). The van der Waals surface area contributed by atoms with Crippen LogP contribution in [0.25, 0.3) is 10.8 Å². The van der Waals surface area contributed by atoms with Crippen LogP contribution in [0.3, 0.4) is 0 Å². The van der Waals surface area contributed by atoms with Gasteiger partial charge in [-0.1, -0.05) is 114 Å². The number of hydrogen-bond donors (Lipinski definition) is 2. The summed E-state index contributed by atoms with van der Waals surface area (Å²) in [5.74, 6) is 0.0233. The number of hydrogen-bond acceptors (Lipinski definition) is 15. The molecule has 5 heterocycles. The maximum absolute atomic E-state index is 13.4. The van der Waals surface area contributed by atoms with Crippen molar-refractivity contribution in [2.45, 2.75) is 32.5 Å². The first-order valence-electron chi connectivity index (χ1n) is 19.8. The Bertz CT molecular complexity index is 2810. The van der Waals surface area contributed by atoms with E-state index in [2.05, 4.69) is 53.2 Å². The molecule has 1 fully saturated rings. The van der Waals surface area contributed by atoms with Crippen molar-refractivity contribution < 1.29 is 27.5 Å². The average molecular weight is 857 g/mol. The van der Waals surface area contributed by atoms with Crippen LogP contribution in [-0.2, 0) is 35.7 Å². The number of tetrazole rings is 2. The molecule has 62 heavy (non-hydrogen) atoms. The summed E-state index contributed by atoms with van der Waals surface area (Å²) in [7, 11) is -3.25. The van der Waals surface area contributed by atoms with Gasteiger partial charge in [-0.15, -0.1) is 0 Å². The summed E-state index contributed by atoms with van der Waals surface area (Å²) < 4.78 is 39.7. The molecule has 0 bridgehead atoms. The second kappa shape index (κ2) is 17.8. The maximum Gasteiger partial charge on any atom is 0.338 e. The number of ether oxygens (including phenoxy) is 2. The molecule has 2 aromatic heterocycles. The smallest absolute Gasteiger partial charge is 0.338 e. The predicted octanol–water partition coefficient (Wildman–Crippen LogP) is 4.63. The molecule has 9 rings (SSSR count). The van der Waals surface area contributed by atoms with Gasteiger partial charge in [-0.3, -0.25) is 0 Å². The number of carbonyl (C=O) groups is 2. The van der Waals surface area contributed by atoms with Crippen molar-refractivity contribution in [1.82, 2.24) is 44.7 Å². The lowest BCUT2D eigenvalue weighted by atomic mass is 9.91. The molecule has 3 aliphatic heterocycles. The van der Waals surface area contributed by atoms with Gasteiger partial charge in [0.1, 0.15) is 25.3 Å². The highest BCUT2D eigenvalue weighted by atomic mass is 32.2. The van der Waals surface area contributed by atoms with Crippen LogP contribution in [0.1, 0.15) is 42.6 Å². The van der Waals surface area contributed by atoms with Crippen LogP contribution < -0.4 is 15.5 Å². The van der Waals surface area contributed by atoms with E-state index in [1.165, 1.54) is 10.6 Å². The average Bonchev–Trinajstić information content (AvgIpc) is 3.96. The summed E-state index contributed by atoms with van der Waals surface area (Å²) >= 11 is 0. The van der Waals surface area contributed by atoms with Crippen molar-refractivity contribution in [3.8, 4) is 0 Å². The molecule has 1 saturated heterocycles. The lowest BCUT2D eigenvalue weighted by Gasteiger charge is -2.37. The third-order valence-electron chi connectivity index (χ3n) is 10.8. The molecule has 2 atom stereocenters. The van der Waals surface area contributed by atoms with E-state index in [1.54, 1.807) is 22.4 Å². The van der Waals surface area contributed by atoms with Crippen molar-refractivity contribution in [2.75, 3.05) is 54.6 Å². The van der Waals surface area contributed by atoms with Crippen molar-refractivity contribution in [3.05, 3.63) is 149 Å². The number of nitrogens with one attached hydrogen (secondary N) is 2. The van der Waals surface area contributed by atoms with E-state index in [-0.39, 0.29) is 13.2 Å². The number of aromatic nitrogens is 8. The fraction of sp³-hybridized carbons (Fsp3) is 0.256. The van der Waals surface area contributed by atoms with Gasteiger partial charge < -0.3 is 25.0 Å². The molecular formula is C43H44N12O6S. The number of piperazine rings is 1. The molecular weight excluding hydrogens is 813 g/mol. The third-order valence-corrected chi connectivity index (χ3v) is 12.1. The quantitative estimate of drug-likeness (QED) is 0.142. The summed E-state index contributed by atoms with van der Waals surface area (Å²) in [6, 6.07) is 30.1. The van der Waals surface area contributed by atoms with Gasteiger partial charge in [-0.2, -0.15) is 13.7 Å². The van der Waals surface area contributed by atoms with Crippen molar-refractivity contribution in [1.29, 1.82) is 0 Å². The first-order chi connectivity index (χ1) is 30.0. The Balaban J connectivity index is 0.000000180. The van der Waals surface area contributed by atoms with Crippen LogP contribution in [-0.4, -0.2) is 104 Å². The van der Waals surface area contributed by atoms with E-state index in [0.717, 1.165) is 33.2 Å². The third kappa shape index (κ3) is 8.39. The summed E-state index contributed by atoms with van der Waals surface area (Å²) in [5.41, 5.74) is 5.69. The summed E-state index contributed by atoms with van der Waals surface area (Å²) in [5, 5.41) is 32.2. The first-order valence-corrected chi connectivity index (χ1v) is 21.6. The molecule has 0 spiro atoms. The number of benzene rings is 4. The Morgan fingerprint density at radius 1 is 0.726 bits per heavy atom. The number of anilines is 3. The van der Waals surface area contributed by atoms with Gasteiger partial charge >= 0.3 is 11.9 Å². The number of nitrogens with zero attached hydrogens (tertiary/aromatic N) is 10. The number of carbonyl (C=O) groups excluding carboxylic acids is 2. The highest BCUT2D eigenvalue weighted by Crippen LogP contribution is 2.40. The minimum atomic E-state index is -3.25. The van der Waals surface area contributed by atoms with Crippen LogP contribution in [0.15, 0.2) is 132 Å². The molecule has 4 aromatic carbocycles. The zero-order valence-electron chi connectivity index (χ0n) is 34.2. The SMILES string of the molecule is C=CCOC(=O)C1=C(C)Nc2nnnn2C1c1cccc2ccccc12.CC1=C(C(=O)OCc2ccccc2)C(c2ccccc2N2CCN(S(C)(=O)=O)CC2)n2nnnc2N1. The van der Waals surface area contributed by atoms with Crippen molar-refractivity contribution in [3.63, 3.8) is 0 Å². The molecule has 19 heteroatoms. The normalized spacial score (nSPS) is 17.5. The highest BCUT2D eigenvalue weighted by Gasteiger charge is 2.38. The molecule has 0 saturated carbocycles. The number of para-hydroxylation sites is 1. The van der Waals surface area contributed by atoms with Gasteiger partial charge in [0, 0.05) is 48.8 Å². The Labute approximate surface area is 357 Å². The maximum atomic E-state index is 13.4. The van der Waals surface area contributed by atoms with Crippen molar-refractivity contribution >= 4 is 50.3 Å². The Morgan fingerprint density at radius 3 is 1.92 bits per heavy atom. The van der Waals surface area contributed by atoms with E-state index in [4.69, 9.17) is 9.47 Å². The van der Waals surface area contributed by atoms with Gasteiger partial charge in [-0.25, -0.2) is 18.0 Å². The summed E-state index contributed by atoms with van der Waals surface area (Å²) in [6.07, 6.45) is 2.77. The molecule has 0 amide bonds. The minimum Gasteiger partial charge on any atom is -0.458 e. The van der Waals surface area contributed by atoms with Gasteiger partial charge in [0.2, 0.25) is 21.9 Å². The molecule has 3 aliphatic rings. The van der Waals surface area contributed by atoms with Crippen LogP contribution in [0.5, 0.6) is 0 Å². The number of allylic oxidation sites excluding steroid dienone is 2. The molecule has 18 nitrogen and oxygen atoms in total. The second-order valence-electron chi connectivity index (χ2n) is 14.8. The molecule has 2 unspecified atom stereocenters. The molecule has 318 valence electrons. The zero-order chi connectivity index (χ0) is 43.4. The van der Waals surface area contributed by atoms with Crippen LogP contribution in [0, 0.1) is 0 Å². The molecule has 6 aromatic rings. The molecule has 0 radical (unpaired) electrons. The largest absolute Gasteiger partial charge is 0.458 e. The fourth-order valence-corrected chi connectivity index (χ4v) is 8.72. The summed E-state index contributed by atoms with van der Waals surface area (Å²) in [4.78, 5) is 28.3. The monoisotopic (exact) mass is 856 g/mol. The van der Waals surface area contributed by atoms with Crippen molar-refractivity contribution in [2.24, 2.45) is 0 Å². The molecule has 2 N–H and O–H groups in total. The molecule has 0 aliphatic carbocycles. The number of sulfonamides is 1. The number of rotatable bonds is 10. The van der Waals surface area contributed by atoms with E-state index < -0.39 is 34.0 Å². The van der Waals surface area contributed by atoms with E-state index in [9.17, 15) is 18.0 Å². The summed E-state index contributed by atoms with van der Waals surface area (Å²) in [6.45, 7) is 9.31. The van der Waals surface area contributed by atoms with E-state index in [1.807, 2.05) is 104 Å². The van der Waals surface area contributed by atoms with Gasteiger partial charge in [0.15, 0.2) is 0 Å². The van der Waals surface area contributed by atoms with E-state index >= 15 is 0 Å². The lowest BCUT2D eigenvalue weighted by molar-refractivity contribution is -0.141. The zero-order valence-corrected chi connectivity index (χ0v) is 35.1. The first kappa shape index (κ1) is 41.5. The van der Waals surface area contributed by atoms with E-state index in [0.29, 0.717) is 60.6 Å². The van der Waals surface area contributed by atoms with Gasteiger partial charge in [-0.05, 0) is 62.7 Å². The Morgan fingerprint density at radius 2 is 1.27 bits per heavy atom. The van der Waals surface area contributed by atoms with Gasteiger partial charge in [0.25, 0.3) is 0 Å². The van der Waals surface area contributed by atoms with Gasteiger partial charge in [0.05, 0.1) is 17.4 Å². The Kier molecular flexibility index (Phi) is 11.9. The predicted molar refractivity (Wildman–Crippen MR) is 231 cm³/mol.